The lowest BCUT2D eigenvalue weighted by Crippen LogP contribution is -2.53. The molecular weight excluding hydrogens is 268 g/mol. The van der Waals surface area contributed by atoms with E-state index in [-0.39, 0.29) is 4.28 Å². The molecule has 0 radical (unpaired) electrons. The molecule has 22 heavy (non-hydrogen) atoms. The van der Waals surface area contributed by atoms with Gasteiger partial charge in [-0.25, -0.2) is 0 Å². The standard InChI is InChI=1S/C21H34O.3H2/c1-14(22)17-9-10-18-16-8-7-15-6-4-5-12-20(15,2)19(16)11-13-21(17,18)3;;;/h15-19H,4-13H2,1-3H3;3*1H/t15-,16-,17?,18?,19?,20?,21+;;;/m0.../s1. The molecule has 1 nitrogen and oxygen atoms in total. The fraction of sp³-hybridized carbons (Fsp3) is 0.952. The van der Waals surface area contributed by atoms with Crippen molar-refractivity contribution in [3.8, 4) is 0 Å². The van der Waals surface area contributed by atoms with Crippen molar-refractivity contribution in [3.05, 3.63) is 0 Å². The van der Waals surface area contributed by atoms with Gasteiger partial charge in [0, 0.05) is 10.2 Å². The third-order valence-electron chi connectivity index (χ3n) is 9.07. The van der Waals surface area contributed by atoms with Gasteiger partial charge in [-0.3, -0.25) is 4.79 Å². The van der Waals surface area contributed by atoms with Crippen LogP contribution in [0.15, 0.2) is 0 Å². The third-order valence-corrected chi connectivity index (χ3v) is 9.07. The maximum atomic E-state index is 12.2. The fourth-order valence-electron chi connectivity index (χ4n) is 7.96. The van der Waals surface area contributed by atoms with Gasteiger partial charge in [0.15, 0.2) is 0 Å². The van der Waals surface area contributed by atoms with Crippen LogP contribution in [0.5, 0.6) is 0 Å². The number of fused-ring (bicyclic) bond motifs is 5. The first kappa shape index (κ1) is 15.2. The summed E-state index contributed by atoms with van der Waals surface area (Å²) in [6.45, 7) is 6.97. The summed E-state index contributed by atoms with van der Waals surface area (Å²) in [5, 5.41) is 0. The predicted octanol–water partition coefficient (Wildman–Crippen LogP) is 6.36. The number of Topliss-reactive ketones (excluding diaryl/α,β-unsaturated/α-hetero) is 1. The van der Waals surface area contributed by atoms with Crippen LogP contribution < -0.4 is 0 Å². The molecule has 0 aliphatic heterocycles. The van der Waals surface area contributed by atoms with Crippen molar-refractivity contribution in [1.82, 2.24) is 0 Å². The number of ketones is 1. The molecule has 4 unspecified atom stereocenters. The van der Waals surface area contributed by atoms with Crippen LogP contribution in [0.4, 0.5) is 0 Å². The van der Waals surface area contributed by atoms with Crippen LogP contribution in [0.25, 0.3) is 0 Å². The first-order chi connectivity index (χ1) is 10.5. The highest BCUT2D eigenvalue weighted by Crippen LogP contribution is 2.67. The van der Waals surface area contributed by atoms with E-state index in [1.807, 2.05) is 6.92 Å². The number of carbonyl (C=O) groups excluding carboxylic acids is 1. The van der Waals surface area contributed by atoms with Crippen molar-refractivity contribution in [1.29, 1.82) is 0 Å². The van der Waals surface area contributed by atoms with Crippen LogP contribution in [0.1, 0.15) is 89.3 Å². The topological polar surface area (TPSA) is 17.1 Å². The van der Waals surface area contributed by atoms with Crippen molar-refractivity contribution in [2.45, 2.75) is 85.0 Å². The first-order valence-corrected chi connectivity index (χ1v) is 9.97. The molecule has 0 aromatic carbocycles. The number of hydrogen-bond acceptors (Lipinski definition) is 1. The van der Waals surface area contributed by atoms with Crippen molar-refractivity contribution >= 4 is 5.78 Å². The van der Waals surface area contributed by atoms with Gasteiger partial charge < -0.3 is 0 Å². The monoisotopic (exact) mass is 308 g/mol. The van der Waals surface area contributed by atoms with E-state index in [2.05, 4.69) is 13.8 Å². The Bertz CT molecular complexity index is 482. The molecule has 0 aromatic heterocycles. The number of carbonyl (C=O) groups is 1. The lowest BCUT2D eigenvalue weighted by Gasteiger charge is -2.60. The Morgan fingerprint density at radius 3 is 2.41 bits per heavy atom. The average molecular weight is 309 g/mol. The van der Waals surface area contributed by atoms with Crippen molar-refractivity contribution in [2.75, 3.05) is 0 Å². The molecule has 0 N–H and O–H groups in total. The molecule has 0 bridgehead atoms. The second-order valence-corrected chi connectivity index (χ2v) is 9.69. The summed E-state index contributed by atoms with van der Waals surface area (Å²) in [7, 11) is 0. The summed E-state index contributed by atoms with van der Waals surface area (Å²) in [5.41, 5.74) is 0.974. The fourth-order valence-corrected chi connectivity index (χ4v) is 7.96. The van der Waals surface area contributed by atoms with E-state index in [1.165, 1.54) is 64.2 Å². The van der Waals surface area contributed by atoms with Gasteiger partial charge in [-0.1, -0.05) is 26.7 Å². The molecule has 4 aliphatic carbocycles. The zero-order chi connectivity index (χ0) is 15.5. The van der Waals surface area contributed by atoms with E-state index in [4.69, 9.17) is 0 Å². The highest BCUT2D eigenvalue weighted by molar-refractivity contribution is 5.79. The van der Waals surface area contributed by atoms with Crippen LogP contribution in [-0.4, -0.2) is 5.78 Å². The van der Waals surface area contributed by atoms with Gasteiger partial charge in [0.25, 0.3) is 0 Å². The molecule has 0 amide bonds. The second kappa shape index (κ2) is 5.08. The molecule has 0 heterocycles. The maximum Gasteiger partial charge on any atom is 0.133 e. The maximum absolute atomic E-state index is 12.2. The molecule has 0 saturated heterocycles. The first-order valence-electron chi connectivity index (χ1n) is 9.97. The van der Waals surface area contributed by atoms with Gasteiger partial charge in [-0.2, -0.15) is 0 Å². The van der Waals surface area contributed by atoms with E-state index in [0.29, 0.717) is 22.5 Å². The van der Waals surface area contributed by atoms with Crippen molar-refractivity contribution in [2.24, 2.45) is 40.4 Å². The zero-order valence-electron chi connectivity index (χ0n) is 14.9. The van der Waals surface area contributed by atoms with Gasteiger partial charge in [-0.15, -0.1) is 0 Å². The predicted molar refractivity (Wildman–Crippen MR) is 96.9 cm³/mol. The third kappa shape index (κ3) is 1.93. The lowest BCUT2D eigenvalue weighted by atomic mass is 9.45. The molecule has 1 heteroatoms. The van der Waals surface area contributed by atoms with Crippen molar-refractivity contribution in [3.63, 3.8) is 0 Å². The molecule has 0 spiro atoms. The Morgan fingerprint density at radius 2 is 1.64 bits per heavy atom. The van der Waals surface area contributed by atoms with Crippen LogP contribution >= 0.6 is 0 Å². The summed E-state index contributed by atoms with van der Waals surface area (Å²) in [6.07, 6.45) is 14.1. The van der Waals surface area contributed by atoms with Gasteiger partial charge >= 0.3 is 0 Å². The Hall–Kier alpha value is -0.330. The minimum absolute atomic E-state index is 0. The van der Waals surface area contributed by atoms with Gasteiger partial charge in [0.2, 0.25) is 0 Å². The molecule has 0 aromatic rings. The average Bonchev–Trinajstić information content (AvgIpc) is 2.84. The van der Waals surface area contributed by atoms with Crippen LogP contribution in [0.3, 0.4) is 0 Å². The van der Waals surface area contributed by atoms with Crippen LogP contribution in [0.2, 0.25) is 0 Å². The molecule has 4 rings (SSSR count). The summed E-state index contributed by atoms with van der Waals surface area (Å²) >= 11 is 0. The lowest BCUT2D eigenvalue weighted by molar-refractivity contribution is -0.133. The largest absolute Gasteiger partial charge is 0.300 e. The Balaban J connectivity index is 0.00000104. The molecule has 4 fully saturated rings. The highest BCUT2D eigenvalue weighted by Gasteiger charge is 2.60. The second-order valence-electron chi connectivity index (χ2n) is 9.69. The highest BCUT2D eigenvalue weighted by atomic mass is 16.1. The van der Waals surface area contributed by atoms with Crippen LogP contribution in [0, 0.1) is 40.4 Å². The Labute approximate surface area is 141 Å². The van der Waals surface area contributed by atoms with E-state index in [1.54, 1.807) is 0 Å². The van der Waals surface area contributed by atoms with E-state index in [9.17, 15) is 4.79 Å². The van der Waals surface area contributed by atoms with E-state index in [0.717, 1.165) is 23.7 Å². The molecule has 4 saturated carbocycles. The SMILES string of the molecule is CC(=O)C1CCC2[C@@H]3CC[C@@H]4CCCCC4(C)C3CC[C@]12C.[HH].[HH].[HH]. The Kier molecular flexibility index (Phi) is 3.51. The van der Waals surface area contributed by atoms with Gasteiger partial charge in [0.05, 0.1) is 0 Å². The van der Waals surface area contributed by atoms with Gasteiger partial charge in [0.1, 0.15) is 5.78 Å². The zero-order valence-corrected chi connectivity index (χ0v) is 14.9. The Morgan fingerprint density at radius 1 is 0.864 bits per heavy atom. The normalized spacial score (nSPS) is 54.2. The van der Waals surface area contributed by atoms with Gasteiger partial charge in [-0.05, 0) is 92.8 Å². The number of hydrogen-bond donors (Lipinski definition) is 0. The smallest absolute Gasteiger partial charge is 0.133 e. The van der Waals surface area contributed by atoms with Crippen molar-refractivity contribution < 1.29 is 9.07 Å². The number of rotatable bonds is 1. The summed E-state index contributed by atoms with van der Waals surface area (Å²) < 4.78 is 0. The molecule has 7 atom stereocenters. The minimum atomic E-state index is 0. The minimum Gasteiger partial charge on any atom is -0.300 e. The quantitative estimate of drug-likeness (QED) is 0.550. The molecule has 4 aliphatic rings. The molecular formula is C21H40O. The summed E-state index contributed by atoms with van der Waals surface area (Å²) in [5.74, 6) is 4.60. The summed E-state index contributed by atoms with van der Waals surface area (Å²) in [4.78, 5) is 12.2. The van der Waals surface area contributed by atoms with E-state index < -0.39 is 0 Å². The molecule has 130 valence electrons. The van der Waals surface area contributed by atoms with E-state index >= 15 is 0 Å². The van der Waals surface area contributed by atoms with Crippen LogP contribution in [-0.2, 0) is 4.79 Å². The summed E-state index contributed by atoms with van der Waals surface area (Å²) in [6, 6.07) is 0.